The van der Waals surface area contributed by atoms with Gasteiger partial charge in [-0.3, -0.25) is 4.79 Å². The number of carboxylic acid groups (broad SMARTS) is 1. The first-order chi connectivity index (χ1) is 10.0. The number of carbonyl (C=O) groups is 1. The Kier molecular flexibility index (Phi) is 4.09. The number of nitrogens with zero attached hydrogens (tertiary/aromatic N) is 1. The summed E-state index contributed by atoms with van der Waals surface area (Å²) in [7, 11) is -4.23. The molecule has 1 aliphatic rings. The Bertz CT molecular complexity index is 690. The lowest BCUT2D eigenvalue weighted by Crippen LogP contribution is -2.34. The zero-order valence-corrected chi connectivity index (χ0v) is 11.9. The van der Waals surface area contributed by atoms with Crippen LogP contribution in [0.3, 0.4) is 0 Å². The third kappa shape index (κ3) is 3.02. The quantitative estimate of drug-likeness (QED) is 0.805. The summed E-state index contributed by atoms with van der Waals surface area (Å²) in [6, 6.07) is 5.10. The summed E-state index contributed by atoms with van der Waals surface area (Å²) in [5.41, 5.74) is 5.61. The van der Waals surface area contributed by atoms with Crippen molar-refractivity contribution >= 4 is 21.7 Å². The lowest BCUT2D eigenvalue weighted by Gasteiger charge is -2.18. The van der Waals surface area contributed by atoms with E-state index in [1.165, 1.54) is 18.2 Å². The van der Waals surface area contributed by atoms with Crippen molar-refractivity contribution < 1.29 is 31.5 Å². The van der Waals surface area contributed by atoms with Gasteiger partial charge in [-0.25, -0.2) is 8.42 Å². The Morgan fingerprint density at radius 2 is 1.95 bits per heavy atom. The molecule has 0 spiro atoms. The molecule has 1 fully saturated rings. The van der Waals surface area contributed by atoms with Crippen LogP contribution in [-0.2, 0) is 14.8 Å². The standard InChI is InChI=1S/C12H13F3N2O4S/c13-12(14,15)10-6-17(5-9(10)11(18)19)22(20,21)8-3-1-2-7(16)4-8/h1-4,9-10H,5-6,16H2,(H,18,19)/t9-,10-/m1/s1. The van der Waals surface area contributed by atoms with Gasteiger partial charge in [0.2, 0.25) is 10.0 Å². The van der Waals surface area contributed by atoms with E-state index in [-0.39, 0.29) is 10.6 Å². The summed E-state index contributed by atoms with van der Waals surface area (Å²) in [6.07, 6.45) is -4.79. The maximum atomic E-state index is 12.9. The minimum Gasteiger partial charge on any atom is -0.481 e. The van der Waals surface area contributed by atoms with Gasteiger partial charge in [0.15, 0.2) is 0 Å². The van der Waals surface area contributed by atoms with Gasteiger partial charge in [0.1, 0.15) is 0 Å². The number of halogens is 3. The van der Waals surface area contributed by atoms with E-state index in [0.717, 1.165) is 6.07 Å². The number of hydrogen-bond donors (Lipinski definition) is 2. The van der Waals surface area contributed by atoms with E-state index in [1.54, 1.807) is 0 Å². The average molecular weight is 338 g/mol. The fraction of sp³-hybridized carbons (Fsp3) is 0.417. The number of rotatable bonds is 3. The van der Waals surface area contributed by atoms with Crippen LogP contribution in [-0.4, -0.2) is 43.1 Å². The fourth-order valence-corrected chi connectivity index (χ4v) is 3.92. The van der Waals surface area contributed by atoms with E-state index < -0.39 is 47.1 Å². The molecule has 0 bridgehead atoms. The smallest absolute Gasteiger partial charge is 0.393 e. The molecular formula is C12H13F3N2O4S. The molecule has 10 heteroatoms. The van der Waals surface area contributed by atoms with Gasteiger partial charge in [-0.05, 0) is 18.2 Å². The summed E-state index contributed by atoms with van der Waals surface area (Å²) in [5.74, 6) is -5.73. The van der Waals surface area contributed by atoms with Crippen molar-refractivity contribution in [3.8, 4) is 0 Å². The fourth-order valence-electron chi connectivity index (χ4n) is 2.37. The molecule has 0 radical (unpaired) electrons. The first-order valence-corrected chi connectivity index (χ1v) is 7.62. The van der Waals surface area contributed by atoms with E-state index in [4.69, 9.17) is 10.8 Å². The molecule has 1 aliphatic heterocycles. The van der Waals surface area contributed by atoms with Crippen molar-refractivity contribution in [1.29, 1.82) is 0 Å². The predicted molar refractivity (Wildman–Crippen MR) is 70.3 cm³/mol. The number of anilines is 1. The van der Waals surface area contributed by atoms with Gasteiger partial charge >= 0.3 is 12.1 Å². The molecule has 0 saturated carbocycles. The molecule has 6 nitrogen and oxygen atoms in total. The Hall–Kier alpha value is -1.81. The molecule has 2 rings (SSSR count). The number of nitrogens with two attached hydrogens (primary N) is 1. The number of aliphatic carboxylic acids is 1. The van der Waals surface area contributed by atoms with Crippen LogP contribution in [0.4, 0.5) is 18.9 Å². The van der Waals surface area contributed by atoms with Gasteiger partial charge in [-0.1, -0.05) is 6.07 Å². The van der Waals surface area contributed by atoms with Crippen molar-refractivity contribution in [1.82, 2.24) is 4.31 Å². The second-order valence-electron chi connectivity index (χ2n) is 4.99. The van der Waals surface area contributed by atoms with E-state index in [0.29, 0.717) is 4.31 Å². The zero-order chi connectivity index (χ0) is 16.7. The first kappa shape index (κ1) is 16.6. The van der Waals surface area contributed by atoms with Crippen molar-refractivity contribution in [3.05, 3.63) is 24.3 Å². The van der Waals surface area contributed by atoms with Crippen molar-refractivity contribution in [2.45, 2.75) is 11.1 Å². The predicted octanol–water partition coefficient (Wildman–Crippen LogP) is 1.15. The summed E-state index contributed by atoms with van der Waals surface area (Å²) >= 11 is 0. The van der Waals surface area contributed by atoms with Crippen molar-refractivity contribution in [3.63, 3.8) is 0 Å². The Morgan fingerprint density at radius 3 is 2.41 bits per heavy atom. The van der Waals surface area contributed by atoms with Gasteiger partial charge in [-0.2, -0.15) is 17.5 Å². The largest absolute Gasteiger partial charge is 0.481 e. The van der Waals surface area contributed by atoms with Gasteiger partial charge < -0.3 is 10.8 Å². The van der Waals surface area contributed by atoms with Crippen LogP contribution >= 0.6 is 0 Å². The van der Waals surface area contributed by atoms with Crippen molar-refractivity contribution in [2.24, 2.45) is 11.8 Å². The van der Waals surface area contributed by atoms with Crippen LogP contribution in [0.1, 0.15) is 0 Å². The topological polar surface area (TPSA) is 101 Å². The summed E-state index contributed by atoms with van der Waals surface area (Å²) in [5, 5.41) is 8.90. The highest BCUT2D eigenvalue weighted by molar-refractivity contribution is 7.89. The normalized spacial score (nSPS) is 23.6. The Labute approximate surface area is 124 Å². The highest BCUT2D eigenvalue weighted by atomic mass is 32.2. The number of sulfonamides is 1. The summed E-state index contributed by atoms with van der Waals surface area (Å²) in [6.45, 7) is -1.64. The van der Waals surface area contributed by atoms with E-state index in [9.17, 15) is 26.4 Å². The molecule has 1 aromatic carbocycles. The van der Waals surface area contributed by atoms with Crippen LogP contribution in [0.5, 0.6) is 0 Å². The second kappa shape index (κ2) is 5.43. The molecule has 1 saturated heterocycles. The minimum absolute atomic E-state index is 0.141. The summed E-state index contributed by atoms with van der Waals surface area (Å²) in [4.78, 5) is 10.7. The number of carboxylic acids is 1. The van der Waals surface area contributed by atoms with Crippen LogP contribution in [0, 0.1) is 11.8 Å². The minimum atomic E-state index is -4.79. The molecule has 0 aliphatic carbocycles. The molecule has 22 heavy (non-hydrogen) atoms. The van der Waals surface area contributed by atoms with Crippen LogP contribution < -0.4 is 5.73 Å². The molecule has 122 valence electrons. The van der Waals surface area contributed by atoms with Crippen LogP contribution in [0.2, 0.25) is 0 Å². The maximum absolute atomic E-state index is 12.9. The van der Waals surface area contributed by atoms with E-state index in [2.05, 4.69) is 0 Å². The van der Waals surface area contributed by atoms with Gasteiger partial charge in [0.25, 0.3) is 0 Å². The average Bonchev–Trinajstić information content (AvgIpc) is 2.84. The van der Waals surface area contributed by atoms with Gasteiger partial charge in [-0.15, -0.1) is 0 Å². The number of nitrogen functional groups attached to an aromatic ring is 1. The van der Waals surface area contributed by atoms with Crippen LogP contribution in [0.15, 0.2) is 29.2 Å². The molecular weight excluding hydrogens is 325 g/mol. The molecule has 2 atom stereocenters. The third-order valence-corrected chi connectivity index (χ3v) is 5.35. The molecule has 0 aromatic heterocycles. The molecule has 0 unspecified atom stereocenters. The highest BCUT2D eigenvalue weighted by Crippen LogP contribution is 2.39. The van der Waals surface area contributed by atoms with E-state index >= 15 is 0 Å². The Balaban J connectivity index is 2.36. The van der Waals surface area contributed by atoms with Crippen LogP contribution in [0.25, 0.3) is 0 Å². The third-order valence-electron chi connectivity index (χ3n) is 3.52. The number of hydrogen-bond acceptors (Lipinski definition) is 4. The van der Waals surface area contributed by atoms with E-state index in [1.807, 2.05) is 0 Å². The molecule has 1 aromatic rings. The summed E-state index contributed by atoms with van der Waals surface area (Å²) < 4.78 is 63.9. The number of alkyl halides is 3. The van der Waals surface area contributed by atoms with Gasteiger partial charge in [0.05, 0.1) is 16.7 Å². The number of benzene rings is 1. The molecule has 1 heterocycles. The SMILES string of the molecule is Nc1cccc(S(=O)(=O)N2C[C@@H](C(F)(F)F)[C@H](C(=O)O)C2)c1. The second-order valence-corrected chi connectivity index (χ2v) is 6.93. The lowest BCUT2D eigenvalue weighted by atomic mass is 9.96. The highest BCUT2D eigenvalue weighted by Gasteiger charge is 2.54. The molecule has 3 N–H and O–H groups in total. The first-order valence-electron chi connectivity index (χ1n) is 6.18. The monoisotopic (exact) mass is 338 g/mol. The zero-order valence-electron chi connectivity index (χ0n) is 11.1. The lowest BCUT2D eigenvalue weighted by molar-refractivity contribution is -0.187. The van der Waals surface area contributed by atoms with Gasteiger partial charge in [0, 0.05) is 18.8 Å². The maximum Gasteiger partial charge on any atom is 0.393 e. The molecule has 0 amide bonds. The van der Waals surface area contributed by atoms with Crippen molar-refractivity contribution in [2.75, 3.05) is 18.8 Å². The Morgan fingerprint density at radius 1 is 1.32 bits per heavy atom.